The number of hydrogen-bond donors (Lipinski definition) is 0. The standard InChI is InChI=1S/C24H28N2O3/c1-4-5-9-16-26-23(27)21(19-12-14-20(29-3)15-13-19)22(24(26)28)25(2)17-18-10-7-6-8-11-18/h6-8,10-15H,4-5,9,16-17H2,1-3H3. The molecule has 1 aliphatic rings. The normalized spacial score (nSPS) is 14.0. The first-order chi connectivity index (χ1) is 14.1. The van der Waals surface area contributed by atoms with E-state index in [0.717, 1.165) is 30.4 Å². The molecule has 0 aliphatic carbocycles. The number of likely N-dealkylation sites (N-methyl/N-ethyl adjacent to an activating group) is 1. The predicted octanol–water partition coefficient (Wildman–Crippen LogP) is 4.10. The maximum atomic E-state index is 13.2. The van der Waals surface area contributed by atoms with Crippen LogP contribution in [0, 0.1) is 0 Å². The van der Waals surface area contributed by atoms with E-state index < -0.39 is 0 Å². The molecule has 0 atom stereocenters. The van der Waals surface area contributed by atoms with Gasteiger partial charge in [0.25, 0.3) is 11.8 Å². The van der Waals surface area contributed by atoms with E-state index in [1.54, 1.807) is 7.11 Å². The van der Waals surface area contributed by atoms with E-state index in [2.05, 4.69) is 6.92 Å². The first-order valence-electron chi connectivity index (χ1n) is 10.1. The number of unbranched alkanes of at least 4 members (excludes halogenated alkanes) is 2. The maximum absolute atomic E-state index is 13.2. The molecule has 5 heteroatoms. The Hall–Kier alpha value is -3.08. The summed E-state index contributed by atoms with van der Waals surface area (Å²) in [6.45, 7) is 3.11. The molecular formula is C24H28N2O3. The smallest absolute Gasteiger partial charge is 0.277 e. The van der Waals surface area contributed by atoms with Gasteiger partial charge in [-0.25, -0.2) is 0 Å². The van der Waals surface area contributed by atoms with Gasteiger partial charge in [-0.15, -0.1) is 0 Å². The van der Waals surface area contributed by atoms with E-state index in [1.165, 1.54) is 4.90 Å². The fourth-order valence-corrected chi connectivity index (χ4v) is 3.59. The first kappa shape index (κ1) is 20.6. The zero-order chi connectivity index (χ0) is 20.8. The Kier molecular flexibility index (Phi) is 6.70. The molecule has 2 aromatic rings. The Bertz CT molecular complexity index is 888. The Morgan fingerprint density at radius 1 is 0.931 bits per heavy atom. The molecule has 1 aliphatic heterocycles. The average Bonchev–Trinajstić information content (AvgIpc) is 2.99. The number of carbonyl (C=O) groups excluding carboxylic acids is 2. The number of benzene rings is 2. The Labute approximate surface area is 172 Å². The van der Waals surface area contributed by atoms with Crippen molar-refractivity contribution in [3.8, 4) is 5.75 Å². The second-order valence-corrected chi connectivity index (χ2v) is 7.26. The van der Waals surface area contributed by atoms with Crippen molar-refractivity contribution in [1.29, 1.82) is 0 Å². The molecule has 0 unspecified atom stereocenters. The SMILES string of the molecule is CCCCCN1C(=O)C(c2ccc(OC)cc2)=C(N(C)Cc2ccccc2)C1=O. The van der Waals surface area contributed by atoms with Crippen LogP contribution < -0.4 is 4.74 Å². The Morgan fingerprint density at radius 3 is 2.24 bits per heavy atom. The van der Waals surface area contributed by atoms with E-state index in [1.807, 2.05) is 66.5 Å². The van der Waals surface area contributed by atoms with Crippen LogP contribution in [0.4, 0.5) is 0 Å². The highest BCUT2D eigenvalue weighted by Gasteiger charge is 2.40. The molecule has 0 bridgehead atoms. The number of carbonyl (C=O) groups is 2. The van der Waals surface area contributed by atoms with Crippen molar-refractivity contribution in [2.45, 2.75) is 32.7 Å². The van der Waals surface area contributed by atoms with Gasteiger partial charge in [-0.3, -0.25) is 14.5 Å². The molecule has 2 amide bonds. The van der Waals surface area contributed by atoms with Crippen molar-refractivity contribution >= 4 is 17.4 Å². The third-order valence-electron chi connectivity index (χ3n) is 5.15. The quantitative estimate of drug-likeness (QED) is 0.476. The van der Waals surface area contributed by atoms with Gasteiger partial charge in [-0.1, -0.05) is 62.2 Å². The van der Waals surface area contributed by atoms with Gasteiger partial charge in [-0.05, 0) is 29.7 Å². The fourth-order valence-electron chi connectivity index (χ4n) is 3.59. The number of methoxy groups -OCH3 is 1. The summed E-state index contributed by atoms with van der Waals surface area (Å²) in [5.74, 6) is 0.284. The van der Waals surface area contributed by atoms with Gasteiger partial charge < -0.3 is 9.64 Å². The van der Waals surface area contributed by atoms with Crippen molar-refractivity contribution in [3.63, 3.8) is 0 Å². The van der Waals surface area contributed by atoms with Gasteiger partial charge >= 0.3 is 0 Å². The number of hydrogen-bond acceptors (Lipinski definition) is 4. The number of nitrogens with zero attached hydrogens (tertiary/aromatic N) is 2. The molecule has 0 saturated heterocycles. The molecule has 5 nitrogen and oxygen atoms in total. The molecule has 0 aromatic heterocycles. The van der Waals surface area contributed by atoms with Gasteiger partial charge in [0, 0.05) is 20.1 Å². The topological polar surface area (TPSA) is 49.9 Å². The molecule has 0 N–H and O–H groups in total. The molecule has 0 fully saturated rings. The van der Waals surface area contributed by atoms with Crippen LogP contribution >= 0.6 is 0 Å². The minimum Gasteiger partial charge on any atom is -0.497 e. The second kappa shape index (κ2) is 9.41. The van der Waals surface area contributed by atoms with Crippen LogP contribution in [0.25, 0.3) is 5.57 Å². The van der Waals surface area contributed by atoms with E-state index in [0.29, 0.717) is 30.1 Å². The van der Waals surface area contributed by atoms with Crippen molar-refractivity contribution < 1.29 is 14.3 Å². The monoisotopic (exact) mass is 392 g/mol. The summed E-state index contributed by atoms with van der Waals surface area (Å²) in [7, 11) is 3.47. The average molecular weight is 392 g/mol. The zero-order valence-electron chi connectivity index (χ0n) is 17.4. The summed E-state index contributed by atoms with van der Waals surface area (Å²) in [6.07, 6.45) is 2.85. The predicted molar refractivity (Wildman–Crippen MR) is 114 cm³/mol. The highest BCUT2D eigenvalue weighted by Crippen LogP contribution is 2.32. The molecule has 1 heterocycles. The summed E-state index contributed by atoms with van der Waals surface area (Å²) in [5, 5.41) is 0. The van der Waals surface area contributed by atoms with E-state index in [4.69, 9.17) is 4.74 Å². The minimum absolute atomic E-state index is 0.213. The summed E-state index contributed by atoms with van der Waals surface area (Å²) < 4.78 is 5.23. The second-order valence-electron chi connectivity index (χ2n) is 7.26. The van der Waals surface area contributed by atoms with Gasteiger partial charge in [0.1, 0.15) is 11.4 Å². The first-order valence-corrected chi connectivity index (χ1v) is 10.1. The van der Waals surface area contributed by atoms with Gasteiger partial charge in [0.15, 0.2) is 0 Å². The largest absolute Gasteiger partial charge is 0.497 e. The van der Waals surface area contributed by atoms with Crippen LogP contribution in [0.15, 0.2) is 60.3 Å². The summed E-state index contributed by atoms with van der Waals surface area (Å²) >= 11 is 0. The maximum Gasteiger partial charge on any atom is 0.277 e. The Morgan fingerprint density at radius 2 is 1.62 bits per heavy atom. The number of rotatable bonds is 9. The number of amides is 2. The summed E-state index contributed by atoms with van der Waals surface area (Å²) in [4.78, 5) is 29.7. The van der Waals surface area contributed by atoms with Crippen molar-refractivity contribution in [3.05, 3.63) is 71.4 Å². The van der Waals surface area contributed by atoms with Crippen LogP contribution in [-0.2, 0) is 16.1 Å². The van der Waals surface area contributed by atoms with Crippen molar-refractivity contribution in [1.82, 2.24) is 9.80 Å². The molecule has 29 heavy (non-hydrogen) atoms. The van der Waals surface area contributed by atoms with Crippen molar-refractivity contribution in [2.75, 3.05) is 20.7 Å². The molecule has 3 rings (SSSR count). The molecule has 0 spiro atoms. The fraction of sp³-hybridized carbons (Fsp3) is 0.333. The van der Waals surface area contributed by atoms with Crippen molar-refractivity contribution in [2.24, 2.45) is 0 Å². The van der Waals surface area contributed by atoms with E-state index in [-0.39, 0.29) is 11.8 Å². The molecule has 0 radical (unpaired) electrons. The van der Waals surface area contributed by atoms with Crippen LogP contribution in [0.2, 0.25) is 0 Å². The van der Waals surface area contributed by atoms with Gasteiger partial charge in [-0.2, -0.15) is 0 Å². The lowest BCUT2D eigenvalue weighted by atomic mass is 10.0. The van der Waals surface area contributed by atoms with Crippen LogP contribution in [0.5, 0.6) is 5.75 Å². The lowest BCUT2D eigenvalue weighted by molar-refractivity contribution is -0.137. The lowest BCUT2D eigenvalue weighted by Gasteiger charge is -2.21. The number of ether oxygens (including phenoxy) is 1. The number of imide groups is 1. The lowest BCUT2D eigenvalue weighted by Crippen LogP contribution is -2.34. The third kappa shape index (κ3) is 4.50. The molecule has 2 aromatic carbocycles. The minimum atomic E-state index is -0.216. The molecule has 0 saturated carbocycles. The van der Waals surface area contributed by atoms with E-state index in [9.17, 15) is 9.59 Å². The van der Waals surface area contributed by atoms with E-state index >= 15 is 0 Å². The molecule has 152 valence electrons. The van der Waals surface area contributed by atoms with Gasteiger partial charge in [0.2, 0.25) is 0 Å². The molecular weight excluding hydrogens is 364 g/mol. The highest BCUT2D eigenvalue weighted by atomic mass is 16.5. The Balaban J connectivity index is 1.96. The summed E-state index contributed by atoms with van der Waals surface area (Å²) in [6, 6.07) is 17.3. The van der Waals surface area contributed by atoms with Gasteiger partial charge in [0.05, 0.1) is 12.7 Å². The third-order valence-corrected chi connectivity index (χ3v) is 5.15. The summed E-state index contributed by atoms with van der Waals surface area (Å²) in [5.41, 5.74) is 2.74. The van der Waals surface area contributed by atoms with Crippen LogP contribution in [0.1, 0.15) is 37.3 Å². The van der Waals surface area contributed by atoms with Crippen LogP contribution in [0.3, 0.4) is 0 Å². The highest BCUT2D eigenvalue weighted by molar-refractivity contribution is 6.35. The zero-order valence-corrected chi connectivity index (χ0v) is 17.4. The van der Waals surface area contributed by atoms with Crippen LogP contribution in [-0.4, -0.2) is 42.3 Å².